The molecule has 2 N–H and O–H groups in total. The maximum atomic E-state index is 13.7. The number of pyridine rings is 1. The van der Waals surface area contributed by atoms with E-state index in [-0.39, 0.29) is 29.4 Å². The van der Waals surface area contributed by atoms with Crippen LogP contribution < -0.4 is 10.1 Å². The first-order chi connectivity index (χ1) is 19.3. The third-order valence-corrected chi connectivity index (χ3v) is 8.96. The number of rotatable bonds is 6. The molecule has 1 aliphatic heterocycles. The van der Waals surface area contributed by atoms with E-state index in [2.05, 4.69) is 10.3 Å². The first kappa shape index (κ1) is 30.3. The van der Waals surface area contributed by atoms with Crippen LogP contribution in [0.1, 0.15) is 19.4 Å². The molecule has 2 amide bonds. The second-order valence-electron chi connectivity index (χ2n) is 10.0. The number of hydrogen-bond acceptors (Lipinski definition) is 6. The molecule has 220 valence electrons. The minimum absolute atomic E-state index is 0.0225. The van der Waals surface area contributed by atoms with E-state index in [1.54, 1.807) is 50.5 Å². The molecule has 9 nitrogen and oxygen atoms in total. The number of anilines is 1. The lowest BCUT2D eigenvalue weighted by Gasteiger charge is -2.37. The van der Waals surface area contributed by atoms with E-state index < -0.39 is 52.5 Å². The molecule has 2 aromatic carbocycles. The summed E-state index contributed by atoms with van der Waals surface area (Å²) in [7, 11) is -2.54. The van der Waals surface area contributed by atoms with E-state index in [9.17, 15) is 31.5 Å². The molecule has 2 heterocycles. The van der Waals surface area contributed by atoms with Crippen LogP contribution in [0.5, 0.6) is 5.75 Å². The van der Waals surface area contributed by atoms with E-state index >= 15 is 0 Å². The Morgan fingerprint density at radius 1 is 1.15 bits per heavy atom. The van der Waals surface area contributed by atoms with Gasteiger partial charge in [-0.2, -0.15) is 17.5 Å². The highest BCUT2D eigenvalue weighted by Gasteiger charge is 2.38. The molecule has 1 aromatic heterocycles. The van der Waals surface area contributed by atoms with Gasteiger partial charge in [-0.25, -0.2) is 13.2 Å². The van der Waals surface area contributed by atoms with E-state index in [0.29, 0.717) is 5.56 Å². The molecule has 0 aliphatic carbocycles. The average molecular weight is 593 g/mol. The molecule has 1 aliphatic rings. The summed E-state index contributed by atoms with van der Waals surface area (Å²) in [5.41, 5.74) is 0.845. The van der Waals surface area contributed by atoms with Gasteiger partial charge in [0.25, 0.3) is 0 Å². The van der Waals surface area contributed by atoms with E-state index in [1.165, 1.54) is 34.5 Å². The molecule has 3 atom stereocenters. The number of nitrogens with zero attached hydrogens (tertiary/aromatic N) is 3. The Labute approximate surface area is 236 Å². The van der Waals surface area contributed by atoms with Gasteiger partial charge in [-0.3, -0.25) is 4.98 Å². The summed E-state index contributed by atoms with van der Waals surface area (Å²) < 4.78 is 73.5. The van der Waals surface area contributed by atoms with Gasteiger partial charge in [0.05, 0.1) is 18.7 Å². The Balaban J connectivity index is 1.63. The number of fused-ring (bicyclic) bond motifs is 1. The summed E-state index contributed by atoms with van der Waals surface area (Å²) in [6, 6.07) is 11.1. The summed E-state index contributed by atoms with van der Waals surface area (Å²) in [5, 5.41) is 12.4. The summed E-state index contributed by atoms with van der Waals surface area (Å²) in [6.07, 6.45) is -1.94. The fourth-order valence-electron chi connectivity index (χ4n) is 4.48. The number of carbonyl (C=O) groups excluding carboxylic acids is 1. The number of likely N-dealkylation sites (N-methyl/N-ethyl adjacent to an activating group) is 1. The number of alkyl halides is 3. The van der Waals surface area contributed by atoms with Crippen LogP contribution in [0.4, 0.5) is 23.7 Å². The van der Waals surface area contributed by atoms with Gasteiger partial charge in [-0.05, 0) is 66.6 Å². The predicted molar refractivity (Wildman–Crippen MR) is 147 cm³/mol. The number of aliphatic hydroxyl groups is 1. The predicted octanol–water partition coefficient (Wildman–Crippen LogP) is 4.70. The fourth-order valence-corrected chi connectivity index (χ4v) is 6.31. The third kappa shape index (κ3) is 6.80. The van der Waals surface area contributed by atoms with Gasteiger partial charge in [0, 0.05) is 43.6 Å². The minimum Gasteiger partial charge on any atom is -0.487 e. The van der Waals surface area contributed by atoms with Crippen molar-refractivity contribution in [3.05, 3.63) is 72.6 Å². The topological polar surface area (TPSA) is 112 Å². The summed E-state index contributed by atoms with van der Waals surface area (Å²) >= 11 is 0. The van der Waals surface area contributed by atoms with Gasteiger partial charge in [0.15, 0.2) is 0 Å². The van der Waals surface area contributed by atoms with Crippen molar-refractivity contribution in [2.24, 2.45) is 5.92 Å². The number of sulfonamides is 1. The Kier molecular flexibility index (Phi) is 8.90. The van der Waals surface area contributed by atoms with Crippen molar-refractivity contribution in [3.8, 4) is 16.9 Å². The third-order valence-electron chi connectivity index (χ3n) is 6.94. The number of halogens is 3. The van der Waals surface area contributed by atoms with E-state index in [0.717, 1.165) is 17.7 Å². The first-order valence-electron chi connectivity index (χ1n) is 12.8. The van der Waals surface area contributed by atoms with Crippen LogP contribution in [0.25, 0.3) is 11.1 Å². The number of carbonyl (C=O) groups is 1. The number of hydrogen-bond donors (Lipinski definition) is 2. The van der Waals surface area contributed by atoms with Crippen molar-refractivity contribution >= 4 is 21.7 Å². The van der Waals surface area contributed by atoms with E-state index in [1.807, 2.05) is 0 Å². The van der Waals surface area contributed by atoms with Gasteiger partial charge in [-0.1, -0.05) is 13.0 Å². The zero-order valence-corrected chi connectivity index (χ0v) is 23.5. The van der Waals surface area contributed by atoms with Crippen molar-refractivity contribution in [1.29, 1.82) is 0 Å². The summed E-state index contributed by atoms with van der Waals surface area (Å²) in [6.45, 7) is 3.06. The van der Waals surface area contributed by atoms with Gasteiger partial charge in [0.1, 0.15) is 16.7 Å². The number of aliphatic hydroxyl groups excluding tert-OH is 1. The van der Waals surface area contributed by atoms with Crippen molar-refractivity contribution in [3.63, 3.8) is 0 Å². The molecule has 4 rings (SSSR count). The van der Waals surface area contributed by atoms with Gasteiger partial charge >= 0.3 is 12.2 Å². The molecule has 3 aromatic rings. The monoisotopic (exact) mass is 592 g/mol. The second kappa shape index (κ2) is 12.0. The number of ether oxygens (including phenoxy) is 1. The number of nitrogens with one attached hydrogen (secondary N) is 1. The van der Waals surface area contributed by atoms with Crippen LogP contribution in [0.3, 0.4) is 0 Å². The highest BCUT2D eigenvalue weighted by Crippen LogP contribution is 2.36. The zero-order valence-electron chi connectivity index (χ0n) is 22.7. The van der Waals surface area contributed by atoms with Crippen molar-refractivity contribution in [2.45, 2.75) is 37.1 Å². The molecule has 0 unspecified atom stereocenters. The number of aromatic nitrogens is 1. The van der Waals surface area contributed by atoms with E-state index in [4.69, 9.17) is 4.74 Å². The molecule has 41 heavy (non-hydrogen) atoms. The smallest absolute Gasteiger partial charge is 0.416 e. The molecule has 0 saturated carbocycles. The maximum absolute atomic E-state index is 13.7. The van der Waals surface area contributed by atoms with Gasteiger partial charge < -0.3 is 20.1 Å². The van der Waals surface area contributed by atoms with Crippen LogP contribution in [-0.2, 0) is 16.2 Å². The summed E-state index contributed by atoms with van der Waals surface area (Å²) in [5.74, 6) is -0.319. The minimum atomic E-state index is -4.49. The molecule has 13 heteroatoms. The Morgan fingerprint density at radius 2 is 1.80 bits per heavy atom. The Bertz CT molecular complexity index is 1470. The zero-order chi connectivity index (χ0) is 29.9. The molecule has 0 spiro atoms. The molecular formula is C28H31F3N4O5S. The van der Waals surface area contributed by atoms with Crippen molar-refractivity contribution in [2.75, 3.05) is 32.1 Å². The molecular weight excluding hydrogens is 561 g/mol. The number of urea groups is 1. The van der Waals surface area contributed by atoms with Gasteiger partial charge in [0.2, 0.25) is 10.0 Å². The van der Waals surface area contributed by atoms with Crippen LogP contribution in [0.2, 0.25) is 0 Å². The van der Waals surface area contributed by atoms with Gasteiger partial charge in [-0.15, -0.1) is 0 Å². The lowest BCUT2D eigenvalue weighted by atomic mass is 10.0. The fraction of sp³-hybridized carbons (Fsp3) is 0.357. The lowest BCUT2D eigenvalue weighted by Crippen LogP contribution is -2.50. The quantitative estimate of drug-likeness (QED) is 0.429. The van der Waals surface area contributed by atoms with Crippen LogP contribution in [0.15, 0.2) is 71.9 Å². The van der Waals surface area contributed by atoms with Crippen LogP contribution in [0, 0.1) is 5.92 Å². The SMILES string of the molecule is C[C@@H]1CN([C@H](C)CO)S(=O)(=O)c2ccc(-c3ccncc3)cc2O[C@H]1CN(C)C(=O)Nc1ccc(C(F)(F)F)cc1. The van der Waals surface area contributed by atoms with Crippen molar-refractivity contribution < 1.29 is 36.2 Å². The normalized spacial score (nSPS) is 19.7. The highest BCUT2D eigenvalue weighted by molar-refractivity contribution is 7.89. The first-order valence-corrected chi connectivity index (χ1v) is 14.3. The van der Waals surface area contributed by atoms with Crippen LogP contribution in [-0.4, -0.2) is 72.6 Å². The number of benzene rings is 2. The molecule has 0 fully saturated rings. The largest absolute Gasteiger partial charge is 0.487 e. The lowest BCUT2D eigenvalue weighted by molar-refractivity contribution is -0.137. The van der Waals surface area contributed by atoms with Crippen molar-refractivity contribution in [1.82, 2.24) is 14.2 Å². The molecule has 0 bridgehead atoms. The number of amides is 2. The molecule has 0 radical (unpaired) electrons. The second-order valence-corrected chi connectivity index (χ2v) is 11.9. The molecule has 0 saturated heterocycles. The average Bonchev–Trinajstić information content (AvgIpc) is 2.94. The highest BCUT2D eigenvalue weighted by atomic mass is 32.2. The van der Waals surface area contributed by atoms with Crippen LogP contribution >= 0.6 is 0 Å². The maximum Gasteiger partial charge on any atom is 0.416 e. The summed E-state index contributed by atoms with van der Waals surface area (Å²) in [4.78, 5) is 18.2. The standard InChI is InChI=1S/C28H31F3N4O5S/c1-18-15-35(19(2)17-36)41(38,39)26-9-4-21(20-10-12-32-13-11-20)14-24(26)40-25(18)16-34(3)27(37)33-23-7-5-22(6-8-23)28(29,30)31/h4-14,18-19,25,36H,15-17H2,1-3H3,(H,33,37)/t18-,19-,25+/m1/s1. The Hall–Kier alpha value is -3.68. The Morgan fingerprint density at radius 3 is 2.41 bits per heavy atom.